The molecule has 88 valence electrons. The SMILES string of the molecule is Cc1ccc(=O)n(CC(N)C2CCOC2)n1. The lowest BCUT2D eigenvalue weighted by molar-refractivity contribution is 0.178. The zero-order valence-electron chi connectivity index (χ0n) is 9.43. The van der Waals surface area contributed by atoms with Crippen LogP contribution in [0.1, 0.15) is 12.1 Å². The molecule has 0 radical (unpaired) electrons. The predicted molar refractivity (Wildman–Crippen MR) is 60.1 cm³/mol. The molecule has 1 aliphatic rings. The van der Waals surface area contributed by atoms with E-state index in [1.54, 1.807) is 6.07 Å². The standard InChI is InChI=1S/C11H17N3O2/c1-8-2-3-11(15)14(13-8)6-10(12)9-4-5-16-7-9/h2-3,9-10H,4-7,12H2,1H3. The summed E-state index contributed by atoms with van der Waals surface area (Å²) in [5.41, 5.74) is 6.78. The highest BCUT2D eigenvalue weighted by atomic mass is 16.5. The molecular weight excluding hydrogens is 206 g/mol. The number of aromatic nitrogens is 2. The molecule has 5 nitrogen and oxygen atoms in total. The number of hydrogen-bond acceptors (Lipinski definition) is 4. The number of aryl methyl sites for hydroxylation is 1. The number of nitrogens with two attached hydrogens (primary N) is 1. The fraction of sp³-hybridized carbons (Fsp3) is 0.636. The van der Waals surface area contributed by atoms with Gasteiger partial charge in [0.15, 0.2) is 0 Å². The van der Waals surface area contributed by atoms with Crippen molar-refractivity contribution in [3.8, 4) is 0 Å². The Hall–Kier alpha value is -1.20. The summed E-state index contributed by atoms with van der Waals surface area (Å²) in [6.07, 6.45) is 0.974. The van der Waals surface area contributed by atoms with E-state index in [1.165, 1.54) is 10.7 Å². The van der Waals surface area contributed by atoms with Crippen LogP contribution < -0.4 is 11.3 Å². The first-order valence-electron chi connectivity index (χ1n) is 5.55. The van der Waals surface area contributed by atoms with Gasteiger partial charge in [-0.2, -0.15) is 5.10 Å². The second-order valence-corrected chi connectivity index (χ2v) is 4.28. The summed E-state index contributed by atoms with van der Waals surface area (Å²) in [5, 5.41) is 4.17. The van der Waals surface area contributed by atoms with Crippen LogP contribution in [0.2, 0.25) is 0 Å². The van der Waals surface area contributed by atoms with E-state index in [1.807, 2.05) is 6.92 Å². The molecule has 0 aromatic carbocycles. The third kappa shape index (κ3) is 2.48. The Morgan fingerprint density at radius 2 is 2.50 bits per heavy atom. The molecule has 1 aromatic rings. The first-order valence-corrected chi connectivity index (χ1v) is 5.55. The van der Waals surface area contributed by atoms with Gasteiger partial charge in [-0.3, -0.25) is 4.79 Å². The van der Waals surface area contributed by atoms with E-state index in [2.05, 4.69) is 5.10 Å². The second kappa shape index (κ2) is 4.76. The maximum Gasteiger partial charge on any atom is 0.266 e. The highest BCUT2D eigenvalue weighted by molar-refractivity contribution is 4.97. The van der Waals surface area contributed by atoms with Crippen LogP contribution in [0.5, 0.6) is 0 Å². The summed E-state index contributed by atoms with van der Waals surface area (Å²) in [6, 6.07) is 3.18. The minimum absolute atomic E-state index is 0.0606. The average Bonchev–Trinajstić information content (AvgIpc) is 2.76. The van der Waals surface area contributed by atoms with Gasteiger partial charge < -0.3 is 10.5 Å². The third-order valence-electron chi connectivity index (χ3n) is 2.95. The van der Waals surface area contributed by atoms with Crippen LogP contribution in [0.3, 0.4) is 0 Å². The van der Waals surface area contributed by atoms with Crippen LogP contribution in [-0.4, -0.2) is 29.0 Å². The Morgan fingerprint density at radius 1 is 1.69 bits per heavy atom. The molecule has 2 unspecified atom stereocenters. The highest BCUT2D eigenvalue weighted by Crippen LogP contribution is 2.15. The van der Waals surface area contributed by atoms with Gasteiger partial charge in [0.1, 0.15) is 0 Å². The lowest BCUT2D eigenvalue weighted by Crippen LogP contribution is -2.39. The molecule has 1 aliphatic heterocycles. The van der Waals surface area contributed by atoms with Crippen molar-refractivity contribution in [2.75, 3.05) is 13.2 Å². The van der Waals surface area contributed by atoms with Gasteiger partial charge in [-0.25, -0.2) is 4.68 Å². The van der Waals surface area contributed by atoms with E-state index < -0.39 is 0 Å². The first kappa shape index (κ1) is 11.3. The number of nitrogens with zero attached hydrogens (tertiary/aromatic N) is 2. The van der Waals surface area contributed by atoms with Crippen LogP contribution in [0.15, 0.2) is 16.9 Å². The van der Waals surface area contributed by atoms with E-state index in [4.69, 9.17) is 10.5 Å². The van der Waals surface area contributed by atoms with E-state index in [-0.39, 0.29) is 11.6 Å². The molecule has 0 bridgehead atoms. The van der Waals surface area contributed by atoms with Crippen molar-refractivity contribution in [3.05, 3.63) is 28.2 Å². The third-order valence-corrected chi connectivity index (χ3v) is 2.95. The van der Waals surface area contributed by atoms with Crippen molar-refractivity contribution in [1.29, 1.82) is 0 Å². The van der Waals surface area contributed by atoms with Crippen LogP contribution in [-0.2, 0) is 11.3 Å². The minimum Gasteiger partial charge on any atom is -0.381 e. The molecule has 1 fully saturated rings. The molecule has 2 rings (SSSR count). The van der Waals surface area contributed by atoms with Gasteiger partial charge in [0.2, 0.25) is 0 Å². The van der Waals surface area contributed by atoms with E-state index in [0.29, 0.717) is 19.1 Å². The molecule has 2 N–H and O–H groups in total. The lowest BCUT2D eigenvalue weighted by Gasteiger charge is -2.17. The molecule has 2 atom stereocenters. The lowest BCUT2D eigenvalue weighted by atomic mass is 10.0. The maximum atomic E-state index is 11.5. The summed E-state index contributed by atoms with van der Waals surface area (Å²) in [4.78, 5) is 11.5. The van der Waals surface area contributed by atoms with Gasteiger partial charge in [0.25, 0.3) is 5.56 Å². The zero-order valence-corrected chi connectivity index (χ0v) is 9.43. The largest absolute Gasteiger partial charge is 0.381 e. The fourth-order valence-electron chi connectivity index (χ4n) is 1.92. The van der Waals surface area contributed by atoms with Crippen molar-refractivity contribution >= 4 is 0 Å². The molecule has 1 aromatic heterocycles. The van der Waals surface area contributed by atoms with Crippen molar-refractivity contribution in [3.63, 3.8) is 0 Å². The van der Waals surface area contributed by atoms with Crippen LogP contribution in [0, 0.1) is 12.8 Å². The van der Waals surface area contributed by atoms with Crippen molar-refractivity contribution in [1.82, 2.24) is 9.78 Å². The highest BCUT2D eigenvalue weighted by Gasteiger charge is 2.23. The summed E-state index contributed by atoms with van der Waals surface area (Å²) < 4.78 is 6.72. The van der Waals surface area contributed by atoms with E-state index in [9.17, 15) is 4.79 Å². The van der Waals surface area contributed by atoms with Crippen LogP contribution in [0.4, 0.5) is 0 Å². The number of hydrogen-bond donors (Lipinski definition) is 1. The zero-order chi connectivity index (χ0) is 11.5. The van der Waals surface area contributed by atoms with Crippen molar-refractivity contribution in [2.45, 2.75) is 25.9 Å². The average molecular weight is 223 g/mol. The molecule has 5 heteroatoms. The molecule has 2 heterocycles. The van der Waals surface area contributed by atoms with Gasteiger partial charge in [-0.1, -0.05) is 0 Å². The van der Waals surface area contributed by atoms with Gasteiger partial charge in [-0.05, 0) is 19.4 Å². The van der Waals surface area contributed by atoms with Crippen LogP contribution >= 0.6 is 0 Å². The van der Waals surface area contributed by atoms with Gasteiger partial charge in [-0.15, -0.1) is 0 Å². The first-order chi connectivity index (χ1) is 7.66. The quantitative estimate of drug-likeness (QED) is 0.777. The van der Waals surface area contributed by atoms with E-state index in [0.717, 1.165) is 18.7 Å². The Kier molecular flexibility index (Phi) is 3.36. The molecule has 16 heavy (non-hydrogen) atoms. The Bertz CT molecular complexity index is 410. The fourth-order valence-corrected chi connectivity index (χ4v) is 1.92. The smallest absolute Gasteiger partial charge is 0.266 e. The number of ether oxygens (including phenoxy) is 1. The Balaban J connectivity index is 2.07. The summed E-state index contributed by atoms with van der Waals surface area (Å²) >= 11 is 0. The molecule has 0 spiro atoms. The molecule has 1 saturated heterocycles. The normalized spacial score (nSPS) is 22.2. The Morgan fingerprint density at radius 3 is 3.19 bits per heavy atom. The van der Waals surface area contributed by atoms with Gasteiger partial charge in [0, 0.05) is 24.6 Å². The number of rotatable bonds is 3. The van der Waals surface area contributed by atoms with E-state index >= 15 is 0 Å². The van der Waals surface area contributed by atoms with Crippen LogP contribution in [0.25, 0.3) is 0 Å². The minimum atomic E-state index is -0.0973. The topological polar surface area (TPSA) is 70.1 Å². The monoisotopic (exact) mass is 223 g/mol. The van der Waals surface area contributed by atoms with Gasteiger partial charge in [0.05, 0.1) is 18.8 Å². The van der Waals surface area contributed by atoms with Crippen molar-refractivity contribution in [2.24, 2.45) is 11.7 Å². The summed E-state index contributed by atoms with van der Waals surface area (Å²) in [7, 11) is 0. The molecule has 0 saturated carbocycles. The molecule has 0 aliphatic carbocycles. The van der Waals surface area contributed by atoms with Gasteiger partial charge >= 0.3 is 0 Å². The summed E-state index contributed by atoms with van der Waals surface area (Å²) in [5.74, 6) is 0.342. The second-order valence-electron chi connectivity index (χ2n) is 4.28. The maximum absolute atomic E-state index is 11.5. The predicted octanol–water partition coefficient (Wildman–Crippen LogP) is -0.0845. The molecular formula is C11H17N3O2. The summed E-state index contributed by atoms with van der Waals surface area (Å²) in [6.45, 7) is 3.80. The van der Waals surface area contributed by atoms with Crippen molar-refractivity contribution < 1.29 is 4.74 Å². The molecule has 0 amide bonds. The Labute approximate surface area is 94.2 Å².